The van der Waals surface area contributed by atoms with Gasteiger partial charge in [-0.15, -0.1) is 0 Å². The Hall–Kier alpha value is -3.19. The van der Waals surface area contributed by atoms with Gasteiger partial charge in [0.15, 0.2) is 5.82 Å². The number of nitrogens with zero attached hydrogens (tertiary/aromatic N) is 2. The molecule has 0 atom stereocenters. The van der Waals surface area contributed by atoms with Gasteiger partial charge in [0.1, 0.15) is 5.75 Å². The van der Waals surface area contributed by atoms with Crippen molar-refractivity contribution in [3.63, 3.8) is 0 Å². The van der Waals surface area contributed by atoms with E-state index in [9.17, 15) is 13.6 Å². The third-order valence-corrected chi connectivity index (χ3v) is 4.22. The zero-order valence-corrected chi connectivity index (χ0v) is 16.2. The van der Waals surface area contributed by atoms with Crippen LogP contribution in [0.5, 0.6) is 5.75 Å². The summed E-state index contributed by atoms with van der Waals surface area (Å²) in [5, 5.41) is 7.74. The molecule has 1 heterocycles. The van der Waals surface area contributed by atoms with Gasteiger partial charge >= 0.3 is 6.61 Å². The molecule has 0 aliphatic heterocycles. The number of amides is 1. The zero-order valence-electron chi connectivity index (χ0n) is 15.5. The van der Waals surface area contributed by atoms with Crippen LogP contribution >= 0.6 is 11.6 Å². The molecule has 29 heavy (non-hydrogen) atoms. The smallest absolute Gasteiger partial charge is 0.387 e. The van der Waals surface area contributed by atoms with Gasteiger partial charge < -0.3 is 10.1 Å². The maximum Gasteiger partial charge on any atom is 0.387 e. The summed E-state index contributed by atoms with van der Waals surface area (Å²) in [6, 6.07) is 15.2. The monoisotopic (exact) mass is 417 g/mol. The lowest BCUT2D eigenvalue weighted by molar-refractivity contribution is -0.111. The quantitative estimate of drug-likeness (QED) is 0.541. The number of hydrogen-bond acceptors (Lipinski definition) is 3. The molecule has 0 aliphatic rings. The maximum absolute atomic E-state index is 12.1. The van der Waals surface area contributed by atoms with Crippen molar-refractivity contribution in [2.75, 3.05) is 5.32 Å². The number of nitrogens with one attached hydrogen (secondary N) is 1. The summed E-state index contributed by atoms with van der Waals surface area (Å²) in [6.45, 7) is -0.443. The van der Waals surface area contributed by atoms with Crippen LogP contribution in [-0.2, 0) is 11.3 Å². The molecule has 0 unspecified atom stereocenters. The fraction of sp³-hybridized carbons (Fsp3) is 0.143. The number of ether oxygens (including phenoxy) is 1. The molecule has 1 aromatic heterocycles. The summed E-state index contributed by atoms with van der Waals surface area (Å²) in [5.74, 6) is 0.132. The molecule has 0 radical (unpaired) electrons. The molecule has 1 amide bonds. The van der Waals surface area contributed by atoms with E-state index in [4.69, 9.17) is 11.6 Å². The Labute approximate surface area is 171 Å². The number of aromatic nitrogens is 2. The topological polar surface area (TPSA) is 56.1 Å². The molecule has 0 saturated heterocycles. The van der Waals surface area contributed by atoms with Crippen LogP contribution in [0.4, 0.5) is 14.6 Å². The van der Waals surface area contributed by atoms with Crippen LogP contribution in [-0.4, -0.2) is 22.3 Å². The average molecular weight is 418 g/mol. The van der Waals surface area contributed by atoms with Crippen LogP contribution in [0.1, 0.15) is 16.8 Å². The standard InChI is InChI=1S/C21H18ClF2N3O2/c1-14-11-19(26-27(14)13-16-3-2-4-17(22)12-16)25-20(28)10-7-15-5-8-18(9-6-15)29-21(23)24/h2-12,21H,13H2,1H3,(H,25,26,28)/b10-7-. The summed E-state index contributed by atoms with van der Waals surface area (Å²) >= 11 is 6.01. The predicted molar refractivity (Wildman–Crippen MR) is 108 cm³/mol. The van der Waals surface area contributed by atoms with E-state index in [1.807, 2.05) is 25.1 Å². The van der Waals surface area contributed by atoms with Crippen molar-refractivity contribution in [1.82, 2.24) is 9.78 Å². The molecule has 0 spiro atoms. The summed E-state index contributed by atoms with van der Waals surface area (Å²) in [7, 11) is 0. The van der Waals surface area contributed by atoms with E-state index in [1.54, 1.807) is 35.0 Å². The second kappa shape index (κ2) is 9.34. The molecule has 1 N–H and O–H groups in total. The molecule has 0 saturated carbocycles. The van der Waals surface area contributed by atoms with Gasteiger partial charge in [0, 0.05) is 22.9 Å². The van der Waals surface area contributed by atoms with E-state index in [0.717, 1.165) is 11.3 Å². The highest BCUT2D eigenvalue weighted by atomic mass is 35.5. The van der Waals surface area contributed by atoms with Gasteiger partial charge in [0.25, 0.3) is 0 Å². The van der Waals surface area contributed by atoms with E-state index in [0.29, 0.717) is 22.9 Å². The number of hydrogen-bond donors (Lipinski definition) is 1. The van der Waals surface area contributed by atoms with Gasteiger partial charge in [-0.25, -0.2) is 0 Å². The summed E-state index contributed by atoms with van der Waals surface area (Å²) in [6.07, 6.45) is 2.91. The summed E-state index contributed by atoms with van der Waals surface area (Å²) < 4.78 is 30.4. The Morgan fingerprint density at radius 2 is 2.00 bits per heavy atom. The minimum Gasteiger partial charge on any atom is -0.435 e. The second-order valence-corrected chi connectivity index (χ2v) is 6.67. The first-order valence-electron chi connectivity index (χ1n) is 8.72. The minimum atomic E-state index is -2.87. The highest BCUT2D eigenvalue weighted by Crippen LogP contribution is 2.17. The van der Waals surface area contributed by atoms with Gasteiger partial charge in [-0.05, 0) is 48.4 Å². The SMILES string of the molecule is Cc1cc(NC(=O)/C=C\c2ccc(OC(F)F)cc2)nn1Cc1cccc(Cl)c1. The Morgan fingerprint density at radius 3 is 2.69 bits per heavy atom. The number of halogens is 3. The first-order chi connectivity index (χ1) is 13.9. The van der Waals surface area contributed by atoms with Crippen molar-refractivity contribution < 1.29 is 18.3 Å². The van der Waals surface area contributed by atoms with Crippen LogP contribution in [0.25, 0.3) is 6.08 Å². The number of carbonyl (C=O) groups is 1. The van der Waals surface area contributed by atoms with E-state index < -0.39 is 6.61 Å². The highest BCUT2D eigenvalue weighted by Gasteiger charge is 2.08. The Morgan fingerprint density at radius 1 is 1.24 bits per heavy atom. The predicted octanol–water partition coefficient (Wildman–Crippen LogP) is 5.15. The molecule has 3 aromatic rings. The normalized spacial score (nSPS) is 11.2. The van der Waals surface area contributed by atoms with Crippen molar-refractivity contribution in [3.05, 3.63) is 82.5 Å². The molecule has 0 bridgehead atoms. The molecule has 3 rings (SSSR count). The van der Waals surface area contributed by atoms with E-state index >= 15 is 0 Å². The van der Waals surface area contributed by atoms with Crippen molar-refractivity contribution in [1.29, 1.82) is 0 Å². The third kappa shape index (κ3) is 6.15. The van der Waals surface area contributed by atoms with E-state index in [1.165, 1.54) is 18.2 Å². The number of aryl methyl sites for hydroxylation is 1. The first-order valence-corrected chi connectivity index (χ1v) is 9.10. The largest absolute Gasteiger partial charge is 0.435 e. The molecule has 8 heteroatoms. The lowest BCUT2D eigenvalue weighted by atomic mass is 10.2. The fourth-order valence-electron chi connectivity index (χ4n) is 2.64. The molecule has 2 aromatic carbocycles. The number of alkyl halides is 2. The number of benzene rings is 2. The highest BCUT2D eigenvalue weighted by molar-refractivity contribution is 6.30. The number of carbonyl (C=O) groups excluding carboxylic acids is 1. The lowest BCUT2D eigenvalue weighted by Crippen LogP contribution is -2.09. The van der Waals surface area contributed by atoms with Crippen LogP contribution in [0.15, 0.2) is 60.7 Å². The van der Waals surface area contributed by atoms with Crippen molar-refractivity contribution in [3.8, 4) is 5.75 Å². The molecule has 0 fully saturated rings. The number of anilines is 1. The summed E-state index contributed by atoms with van der Waals surface area (Å²) in [5.41, 5.74) is 2.56. The van der Waals surface area contributed by atoms with Gasteiger partial charge in [0.05, 0.1) is 6.54 Å². The van der Waals surface area contributed by atoms with Gasteiger partial charge in [-0.1, -0.05) is 35.9 Å². The van der Waals surface area contributed by atoms with Crippen LogP contribution in [0, 0.1) is 6.92 Å². The van der Waals surface area contributed by atoms with Gasteiger partial charge in [-0.2, -0.15) is 13.9 Å². The lowest BCUT2D eigenvalue weighted by Gasteiger charge is -2.05. The fourth-order valence-corrected chi connectivity index (χ4v) is 2.85. The first kappa shape index (κ1) is 20.5. The third-order valence-electron chi connectivity index (χ3n) is 3.99. The van der Waals surface area contributed by atoms with E-state index in [-0.39, 0.29) is 11.7 Å². The Kier molecular flexibility index (Phi) is 6.61. The zero-order chi connectivity index (χ0) is 20.8. The summed E-state index contributed by atoms with van der Waals surface area (Å²) in [4.78, 5) is 12.1. The van der Waals surface area contributed by atoms with Crippen molar-refractivity contribution in [2.24, 2.45) is 0 Å². The van der Waals surface area contributed by atoms with Crippen LogP contribution in [0.2, 0.25) is 5.02 Å². The molecule has 0 aliphatic carbocycles. The van der Waals surface area contributed by atoms with Crippen LogP contribution < -0.4 is 10.1 Å². The maximum atomic E-state index is 12.1. The Balaban J connectivity index is 1.60. The molecule has 5 nitrogen and oxygen atoms in total. The second-order valence-electron chi connectivity index (χ2n) is 6.23. The van der Waals surface area contributed by atoms with Gasteiger partial charge in [0.2, 0.25) is 5.91 Å². The average Bonchev–Trinajstić information content (AvgIpc) is 2.99. The number of rotatable bonds is 7. The minimum absolute atomic E-state index is 0.0577. The van der Waals surface area contributed by atoms with Gasteiger partial charge in [-0.3, -0.25) is 9.48 Å². The molecular weight excluding hydrogens is 400 g/mol. The van der Waals surface area contributed by atoms with Crippen LogP contribution in [0.3, 0.4) is 0 Å². The molecule has 150 valence electrons. The van der Waals surface area contributed by atoms with Crippen molar-refractivity contribution >= 4 is 29.4 Å². The molecular formula is C21H18ClF2N3O2. The Bertz CT molecular complexity index is 1020. The van der Waals surface area contributed by atoms with Crippen molar-refractivity contribution in [2.45, 2.75) is 20.1 Å². The van der Waals surface area contributed by atoms with E-state index in [2.05, 4.69) is 15.2 Å².